The van der Waals surface area contributed by atoms with Gasteiger partial charge in [0.1, 0.15) is 5.00 Å². The van der Waals surface area contributed by atoms with Crippen LogP contribution in [-0.4, -0.2) is 36.0 Å². The van der Waals surface area contributed by atoms with E-state index in [0.717, 1.165) is 40.7 Å². The Kier molecular flexibility index (Phi) is 5.88. The average Bonchev–Trinajstić information content (AvgIpc) is 3.10. The number of ether oxygens (including phenoxy) is 1. The van der Waals surface area contributed by atoms with E-state index in [1.165, 1.54) is 11.3 Å². The Morgan fingerprint density at radius 1 is 1.17 bits per heavy atom. The van der Waals surface area contributed by atoms with Gasteiger partial charge < -0.3 is 10.1 Å². The molecule has 4 rings (SSSR count). The molecule has 0 aliphatic carbocycles. The van der Waals surface area contributed by atoms with E-state index in [1.807, 2.05) is 42.5 Å². The lowest BCUT2D eigenvalue weighted by molar-refractivity contribution is 0.0526. The molecule has 5 nitrogen and oxygen atoms in total. The maximum atomic E-state index is 13.0. The van der Waals surface area contributed by atoms with E-state index < -0.39 is 0 Å². The van der Waals surface area contributed by atoms with Crippen LogP contribution in [0.5, 0.6) is 0 Å². The molecule has 1 aliphatic rings. The maximum Gasteiger partial charge on any atom is 0.341 e. The second-order valence-electron chi connectivity index (χ2n) is 7.76. The molecule has 0 saturated carbocycles. The summed E-state index contributed by atoms with van der Waals surface area (Å²) in [5.41, 5.74) is 2.11. The Balaban J connectivity index is 1.66. The van der Waals surface area contributed by atoms with E-state index in [4.69, 9.17) is 4.74 Å². The molecule has 1 N–H and O–H groups in total. The number of carbonyl (C=O) groups is 2. The van der Waals surface area contributed by atoms with Crippen molar-refractivity contribution in [2.45, 2.75) is 39.8 Å². The topological polar surface area (TPSA) is 58.6 Å². The highest BCUT2D eigenvalue weighted by atomic mass is 32.1. The molecule has 3 aromatic rings. The molecule has 2 heterocycles. The number of fused-ring (bicyclic) bond motifs is 2. The summed E-state index contributed by atoms with van der Waals surface area (Å²) >= 11 is 1.49. The van der Waals surface area contributed by atoms with Crippen molar-refractivity contribution in [2.75, 3.05) is 18.5 Å². The number of nitrogens with one attached hydrogen (secondary N) is 1. The van der Waals surface area contributed by atoms with Crippen LogP contribution in [0.15, 0.2) is 42.5 Å². The summed E-state index contributed by atoms with van der Waals surface area (Å²) in [6, 6.07) is 14.0. The molecule has 1 aromatic heterocycles. The first-order valence-corrected chi connectivity index (χ1v) is 11.2. The van der Waals surface area contributed by atoms with Gasteiger partial charge in [-0.3, -0.25) is 9.69 Å². The zero-order chi connectivity index (χ0) is 21.3. The SMILES string of the molecule is CCOC(=O)c1c(NC(=O)c2ccc3ccccc3c2)sc2c1CCN(C(C)C)C2. The summed E-state index contributed by atoms with van der Waals surface area (Å²) in [6.45, 7) is 8.13. The molecule has 1 aliphatic heterocycles. The zero-order valence-electron chi connectivity index (χ0n) is 17.5. The third-order valence-corrected chi connectivity index (χ3v) is 6.67. The number of hydrogen-bond donors (Lipinski definition) is 1. The third-order valence-electron chi connectivity index (χ3n) is 5.53. The Hall–Kier alpha value is -2.70. The molecule has 0 fully saturated rings. The fraction of sp³-hybridized carbons (Fsp3) is 0.333. The van der Waals surface area contributed by atoms with Gasteiger partial charge in [0.05, 0.1) is 12.2 Å². The van der Waals surface area contributed by atoms with E-state index in [0.29, 0.717) is 28.8 Å². The summed E-state index contributed by atoms with van der Waals surface area (Å²) in [5.74, 6) is -0.576. The number of anilines is 1. The van der Waals surface area contributed by atoms with Gasteiger partial charge in [0, 0.05) is 29.6 Å². The highest BCUT2D eigenvalue weighted by Gasteiger charge is 2.30. The molecular weight excluding hydrogens is 396 g/mol. The van der Waals surface area contributed by atoms with Crippen LogP contribution in [0.1, 0.15) is 51.9 Å². The molecule has 30 heavy (non-hydrogen) atoms. The van der Waals surface area contributed by atoms with Gasteiger partial charge in [-0.15, -0.1) is 11.3 Å². The predicted molar refractivity (Wildman–Crippen MR) is 121 cm³/mol. The molecule has 6 heteroatoms. The van der Waals surface area contributed by atoms with Crippen molar-refractivity contribution in [3.05, 3.63) is 64.0 Å². The Bertz CT molecular complexity index is 1100. The van der Waals surface area contributed by atoms with Crippen molar-refractivity contribution in [2.24, 2.45) is 0 Å². The fourth-order valence-corrected chi connectivity index (χ4v) is 5.13. The first-order valence-electron chi connectivity index (χ1n) is 10.3. The Labute approximate surface area is 180 Å². The second-order valence-corrected chi connectivity index (χ2v) is 8.86. The zero-order valence-corrected chi connectivity index (χ0v) is 18.3. The number of esters is 1. The minimum atomic E-state index is -0.359. The summed E-state index contributed by atoms with van der Waals surface area (Å²) in [4.78, 5) is 29.2. The van der Waals surface area contributed by atoms with E-state index in [9.17, 15) is 9.59 Å². The molecule has 156 valence electrons. The number of rotatable bonds is 5. The van der Waals surface area contributed by atoms with Gasteiger partial charge in [-0.1, -0.05) is 30.3 Å². The predicted octanol–water partition coefficient (Wildman–Crippen LogP) is 5.10. The van der Waals surface area contributed by atoms with Gasteiger partial charge in [0.2, 0.25) is 0 Å². The molecule has 0 unspecified atom stereocenters. The van der Waals surface area contributed by atoms with Gasteiger partial charge in [0.15, 0.2) is 0 Å². The molecule has 0 radical (unpaired) electrons. The van der Waals surface area contributed by atoms with E-state index in [2.05, 4.69) is 24.1 Å². The van der Waals surface area contributed by atoms with E-state index in [1.54, 1.807) is 6.92 Å². The Morgan fingerprint density at radius 2 is 1.93 bits per heavy atom. The lowest BCUT2D eigenvalue weighted by atomic mass is 10.0. The van der Waals surface area contributed by atoms with Gasteiger partial charge in [-0.05, 0) is 55.7 Å². The van der Waals surface area contributed by atoms with E-state index >= 15 is 0 Å². The van der Waals surface area contributed by atoms with Crippen LogP contribution < -0.4 is 5.32 Å². The lowest BCUT2D eigenvalue weighted by Gasteiger charge is -2.30. The molecular formula is C24H26N2O3S. The molecule has 0 atom stereocenters. The van der Waals surface area contributed by atoms with Gasteiger partial charge in [-0.25, -0.2) is 4.79 Å². The van der Waals surface area contributed by atoms with Crippen molar-refractivity contribution in [3.8, 4) is 0 Å². The van der Waals surface area contributed by atoms with Gasteiger partial charge in [0.25, 0.3) is 5.91 Å². The van der Waals surface area contributed by atoms with Crippen LogP contribution >= 0.6 is 11.3 Å². The lowest BCUT2D eigenvalue weighted by Crippen LogP contribution is -2.35. The highest BCUT2D eigenvalue weighted by molar-refractivity contribution is 7.17. The second kappa shape index (κ2) is 8.58. The van der Waals surface area contributed by atoms with Crippen molar-refractivity contribution in [3.63, 3.8) is 0 Å². The number of carbonyl (C=O) groups excluding carboxylic acids is 2. The van der Waals surface area contributed by atoms with E-state index in [-0.39, 0.29) is 11.9 Å². The quantitative estimate of drug-likeness (QED) is 0.582. The minimum absolute atomic E-state index is 0.217. The van der Waals surface area contributed by atoms with Crippen LogP contribution in [0.25, 0.3) is 10.8 Å². The summed E-state index contributed by atoms with van der Waals surface area (Å²) in [7, 11) is 0. The third kappa shape index (κ3) is 3.98. The monoisotopic (exact) mass is 422 g/mol. The van der Waals surface area contributed by atoms with Gasteiger partial charge in [-0.2, -0.15) is 0 Å². The van der Waals surface area contributed by atoms with Crippen LogP contribution in [-0.2, 0) is 17.7 Å². The van der Waals surface area contributed by atoms with Crippen molar-refractivity contribution in [1.29, 1.82) is 0 Å². The summed E-state index contributed by atoms with van der Waals surface area (Å²) in [5, 5.41) is 5.67. The number of hydrogen-bond acceptors (Lipinski definition) is 5. The first kappa shape index (κ1) is 20.6. The van der Waals surface area contributed by atoms with Crippen LogP contribution in [0.2, 0.25) is 0 Å². The molecule has 0 saturated heterocycles. The summed E-state index contributed by atoms with van der Waals surface area (Å²) < 4.78 is 5.32. The van der Waals surface area contributed by atoms with Crippen LogP contribution in [0.4, 0.5) is 5.00 Å². The molecule has 0 spiro atoms. The smallest absolute Gasteiger partial charge is 0.341 e. The van der Waals surface area contributed by atoms with Crippen molar-refractivity contribution in [1.82, 2.24) is 4.90 Å². The molecule has 1 amide bonds. The van der Waals surface area contributed by atoms with Crippen LogP contribution in [0, 0.1) is 0 Å². The first-order chi connectivity index (χ1) is 14.5. The Morgan fingerprint density at radius 3 is 2.67 bits per heavy atom. The van der Waals surface area contributed by atoms with Gasteiger partial charge >= 0.3 is 5.97 Å². The average molecular weight is 423 g/mol. The minimum Gasteiger partial charge on any atom is -0.462 e. The fourth-order valence-electron chi connectivity index (χ4n) is 3.88. The van der Waals surface area contributed by atoms with Crippen LogP contribution in [0.3, 0.4) is 0 Å². The normalized spacial score (nSPS) is 14.0. The number of amides is 1. The number of thiophene rings is 1. The highest BCUT2D eigenvalue weighted by Crippen LogP contribution is 2.38. The number of nitrogens with zero attached hydrogens (tertiary/aromatic N) is 1. The molecule has 2 aromatic carbocycles. The standard InChI is InChI=1S/C24H26N2O3S/c1-4-29-24(28)21-19-11-12-26(15(2)3)14-20(19)30-23(21)25-22(27)18-10-9-16-7-5-6-8-17(16)13-18/h5-10,13,15H,4,11-12,14H2,1-3H3,(H,25,27). The number of benzene rings is 2. The van der Waals surface area contributed by atoms with Crippen molar-refractivity contribution >= 4 is 39.0 Å². The largest absolute Gasteiger partial charge is 0.462 e. The molecule has 0 bridgehead atoms. The van der Waals surface area contributed by atoms with Crippen molar-refractivity contribution < 1.29 is 14.3 Å². The maximum absolute atomic E-state index is 13.0. The summed E-state index contributed by atoms with van der Waals surface area (Å²) in [6.07, 6.45) is 0.782.